The minimum atomic E-state index is -3.59. The molecule has 1 aliphatic heterocycles. The Bertz CT molecular complexity index is 1080. The fraction of sp³-hybridized carbons (Fsp3) is 0.474. The molecule has 0 saturated carbocycles. The first-order valence-corrected chi connectivity index (χ1v) is 13.1. The van der Waals surface area contributed by atoms with Crippen molar-refractivity contribution < 1.29 is 22.7 Å². The van der Waals surface area contributed by atoms with Crippen molar-refractivity contribution in [3.05, 3.63) is 32.5 Å². The summed E-state index contributed by atoms with van der Waals surface area (Å²) in [5, 5.41) is 3.45. The molecule has 1 fully saturated rings. The lowest BCUT2D eigenvalue weighted by molar-refractivity contribution is -0.120. The summed E-state index contributed by atoms with van der Waals surface area (Å²) in [5.74, 6) is -0.928. The maximum atomic E-state index is 12.8. The van der Waals surface area contributed by atoms with Crippen molar-refractivity contribution in [2.45, 2.75) is 36.3 Å². The van der Waals surface area contributed by atoms with E-state index in [9.17, 15) is 18.0 Å². The van der Waals surface area contributed by atoms with E-state index < -0.39 is 16.0 Å². The Balaban J connectivity index is 1.43. The molecule has 0 bridgehead atoms. The van der Waals surface area contributed by atoms with Crippen LogP contribution >= 0.6 is 34.3 Å². The molecule has 0 unspecified atom stereocenters. The molecule has 2 aromatic heterocycles. The van der Waals surface area contributed by atoms with E-state index in [2.05, 4.69) is 5.32 Å². The zero-order valence-corrected chi connectivity index (χ0v) is 19.5. The average Bonchev–Trinajstić information content (AvgIpc) is 3.43. The van der Waals surface area contributed by atoms with Crippen LogP contribution in [0.15, 0.2) is 16.3 Å². The third-order valence-corrected chi connectivity index (χ3v) is 10.3. The predicted octanol–water partition coefficient (Wildman–Crippen LogP) is 3.78. The Hall–Kier alpha value is -1.46. The Labute approximate surface area is 188 Å². The summed E-state index contributed by atoms with van der Waals surface area (Å²) in [4.78, 5) is 26.2. The number of thiophene rings is 2. The van der Waals surface area contributed by atoms with Crippen LogP contribution < -0.4 is 5.32 Å². The van der Waals surface area contributed by atoms with E-state index in [0.717, 1.165) is 41.0 Å². The van der Waals surface area contributed by atoms with Crippen molar-refractivity contribution in [2.24, 2.45) is 5.92 Å². The van der Waals surface area contributed by atoms with Gasteiger partial charge in [-0.2, -0.15) is 4.31 Å². The van der Waals surface area contributed by atoms with Crippen LogP contribution in [-0.4, -0.2) is 44.8 Å². The normalized spacial score (nSPS) is 17.7. The molecule has 0 atom stereocenters. The van der Waals surface area contributed by atoms with Gasteiger partial charge in [-0.25, -0.2) is 13.2 Å². The summed E-state index contributed by atoms with van der Waals surface area (Å²) < 4.78 is 32.4. The summed E-state index contributed by atoms with van der Waals surface area (Å²) in [6.45, 7) is 0.529. The Morgan fingerprint density at radius 2 is 1.93 bits per heavy atom. The van der Waals surface area contributed by atoms with Crippen molar-refractivity contribution in [3.8, 4) is 0 Å². The van der Waals surface area contributed by atoms with Crippen LogP contribution in [0.2, 0.25) is 4.34 Å². The van der Waals surface area contributed by atoms with Crippen molar-refractivity contribution in [1.82, 2.24) is 4.31 Å². The second-order valence-corrected chi connectivity index (χ2v) is 12.3. The van der Waals surface area contributed by atoms with Gasteiger partial charge in [-0.1, -0.05) is 11.6 Å². The van der Waals surface area contributed by atoms with Gasteiger partial charge in [0.1, 0.15) is 9.21 Å². The number of piperidine rings is 1. The Morgan fingerprint density at radius 3 is 2.57 bits per heavy atom. The van der Waals surface area contributed by atoms with Crippen LogP contribution in [0.5, 0.6) is 0 Å². The van der Waals surface area contributed by atoms with Gasteiger partial charge in [-0.3, -0.25) is 4.79 Å². The van der Waals surface area contributed by atoms with Crippen molar-refractivity contribution in [1.29, 1.82) is 0 Å². The molecule has 0 spiro atoms. The molecule has 2 aliphatic rings. The second kappa shape index (κ2) is 8.58. The van der Waals surface area contributed by atoms with Crippen LogP contribution in [0, 0.1) is 5.92 Å². The molecule has 4 rings (SSSR count). The number of ether oxygens (including phenoxy) is 1. The molecule has 11 heteroatoms. The number of sulfonamides is 1. The van der Waals surface area contributed by atoms with Crippen LogP contribution in [0.1, 0.15) is 40.1 Å². The molecule has 1 amide bonds. The number of hydrogen-bond donors (Lipinski definition) is 1. The van der Waals surface area contributed by atoms with Crippen molar-refractivity contribution in [2.75, 3.05) is 25.5 Å². The van der Waals surface area contributed by atoms with Gasteiger partial charge in [0.25, 0.3) is 10.0 Å². The molecule has 162 valence electrons. The van der Waals surface area contributed by atoms with Gasteiger partial charge < -0.3 is 10.1 Å². The summed E-state index contributed by atoms with van der Waals surface area (Å²) >= 11 is 8.34. The quantitative estimate of drug-likeness (QED) is 0.646. The summed E-state index contributed by atoms with van der Waals surface area (Å²) in [7, 11) is -2.25. The Kier molecular flexibility index (Phi) is 6.23. The van der Waals surface area contributed by atoms with Gasteiger partial charge in [0.05, 0.1) is 17.0 Å². The third kappa shape index (κ3) is 4.03. The lowest BCUT2D eigenvalue weighted by Gasteiger charge is -2.30. The number of rotatable bonds is 5. The van der Waals surface area contributed by atoms with E-state index >= 15 is 0 Å². The number of anilines is 1. The standard InChI is InChI=1S/C19H21ClN2O5S3/c1-27-19(24)16-12-3-2-4-13(12)28-18(16)21-17(23)11-7-9-22(10-8-11)30(25,26)15-6-5-14(20)29-15/h5-6,11H,2-4,7-10H2,1H3,(H,21,23). The minimum absolute atomic E-state index is 0.184. The number of carbonyl (C=O) groups is 2. The van der Waals surface area contributed by atoms with Gasteiger partial charge in [-0.05, 0) is 49.8 Å². The zero-order valence-electron chi connectivity index (χ0n) is 16.3. The molecule has 0 aromatic carbocycles. The molecule has 30 heavy (non-hydrogen) atoms. The lowest BCUT2D eigenvalue weighted by Crippen LogP contribution is -2.41. The molecule has 7 nitrogen and oxygen atoms in total. The van der Waals surface area contributed by atoms with Crippen LogP contribution in [0.25, 0.3) is 0 Å². The second-order valence-electron chi connectivity index (χ2n) is 7.28. The number of amides is 1. The van der Waals surface area contributed by atoms with E-state index in [1.807, 2.05) is 0 Å². The smallest absolute Gasteiger partial charge is 0.341 e. The number of aryl methyl sites for hydroxylation is 1. The van der Waals surface area contributed by atoms with E-state index in [4.69, 9.17) is 16.3 Å². The van der Waals surface area contributed by atoms with E-state index in [0.29, 0.717) is 27.7 Å². The van der Waals surface area contributed by atoms with Crippen molar-refractivity contribution >= 4 is 61.2 Å². The van der Waals surface area contributed by atoms with E-state index in [1.165, 1.54) is 28.8 Å². The average molecular weight is 489 g/mol. The van der Waals surface area contributed by atoms with Crippen LogP contribution in [0.3, 0.4) is 0 Å². The largest absolute Gasteiger partial charge is 0.465 e. The highest BCUT2D eigenvalue weighted by molar-refractivity contribution is 7.91. The first kappa shape index (κ1) is 21.8. The topological polar surface area (TPSA) is 92.8 Å². The molecule has 1 saturated heterocycles. The van der Waals surface area contributed by atoms with Gasteiger partial charge in [0.15, 0.2) is 0 Å². The van der Waals surface area contributed by atoms with Crippen LogP contribution in [-0.2, 0) is 32.4 Å². The first-order chi connectivity index (χ1) is 14.3. The highest BCUT2D eigenvalue weighted by Gasteiger charge is 2.34. The van der Waals surface area contributed by atoms with Gasteiger partial charge in [0.2, 0.25) is 5.91 Å². The van der Waals surface area contributed by atoms with E-state index in [-0.39, 0.29) is 29.1 Å². The fourth-order valence-electron chi connectivity index (χ4n) is 3.95. The lowest BCUT2D eigenvalue weighted by atomic mass is 9.97. The number of esters is 1. The monoisotopic (exact) mass is 488 g/mol. The van der Waals surface area contributed by atoms with E-state index in [1.54, 1.807) is 6.07 Å². The maximum absolute atomic E-state index is 12.8. The number of fused-ring (bicyclic) bond motifs is 1. The Morgan fingerprint density at radius 1 is 1.20 bits per heavy atom. The highest BCUT2D eigenvalue weighted by Crippen LogP contribution is 2.40. The summed E-state index contributed by atoms with van der Waals surface area (Å²) in [6, 6.07) is 3.07. The molecule has 1 N–H and O–H groups in total. The first-order valence-electron chi connectivity index (χ1n) is 9.60. The van der Waals surface area contributed by atoms with Gasteiger partial charge in [0, 0.05) is 23.9 Å². The predicted molar refractivity (Wildman–Crippen MR) is 117 cm³/mol. The highest BCUT2D eigenvalue weighted by atomic mass is 35.5. The molecular weight excluding hydrogens is 468 g/mol. The number of nitrogens with one attached hydrogen (secondary N) is 1. The third-order valence-electron chi connectivity index (χ3n) is 5.51. The van der Waals surface area contributed by atoms with Gasteiger partial charge in [-0.15, -0.1) is 22.7 Å². The van der Waals surface area contributed by atoms with Crippen LogP contribution in [0.4, 0.5) is 5.00 Å². The minimum Gasteiger partial charge on any atom is -0.465 e. The summed E-state index contributed by atoms with van der Waals surface area (Å²) in [5.41, 5.74) is 1.45. The molecule has 0 radical (unpaired) electrons. The van der Waals surface area contributed by atoms with Crippen molar-refractivity contribution in [3.63, 3.8) is 0 Å². The SMILES string of the molecule is COC(=O)c1c(NC(=O)C2CCN(S(=O)(=O)c3ccc(Cl)s3)CC2)sc2c1CCC2. The molecular formula is C19H21ClN2O5S3. The number of halogens is 1. The molecule has 2 aromatic rings. The summed E-state index contributed by atoms with van der Waals surface area (Å²) in [6.07, 6.45) is 3.56. The molecule has 1 aliphatic carbocycles. The molecule has 3 heterocycles. The number of methoxy groups -OCH3 is 1. The number of carbonyl (C=O) groups excluding carboxylic acids is 2. The number of hydrogen-bond acceptors (Lipinski definition) is 7. The zero-order chi connectivity index (χ0) is 21.5. The maximum Gasteiger partial charge on any atom is 0.341 e. The van der Waals surface area contributed by atoms with Gasteiger partial charge >= 0.3 is 5.97 Å². The fourth-order valence-corrected chi connectivity index (χ4v) is 8.33. The number of nitrogens with zero attached hydrogens (tertiary/aromatic N) is 1.